The Morgan fingerprint density at radius 2 is 2.11 bits per heavy atom. The fourth-order valence-electron chi connectivity index (χ4n) is 2.56. The van der Waals surface area contributed by atoms with E-state index < -0.39 is 0 Å². The maximum absolute atomic E-state index is 14.0. The Balaban J connectivity index is 2.29. The van der Waals surface area contributed by atoms with Gasteiger partial charge < -0.3 is 0 Å². The largest absolute Gasteiger partial charge is 0.271 e. The van der Waals surface area contributed by atoms with Gasteiger partial charge in [0.25, 0.3) is 0 Å². The Kier molecular flexibility index (Phi) is 4.50. The van der Waals surface area contributed by atoms with Crippen molar-refractivity contribution in [3.05, 3.63) is 46.8 Å². The smallest absolute Gasteiger partial charge is 0.128 e. The molecule has 0 spiro atoms. The summed E-state index contributed by atoms with van der Waals surface area (Å²) in [5.41, 5.74) is 5.57. The third-order valence-corrected chi connectivity index (χ3v) is 3.58. The van der Waals surface area contributed by atoms with Crippen LogP contribution in [0.4, 0.5) is 4.39 Å². The van der Waals surface area contributed by atoms with Gasteiger partial charge in [0.2, 0.25) is 0 Å². The number of nitrogens with one attached hydrogen (secondary N) is 1. The highest BCUT2D eigenvalue weighted by molar-refractivity contribution is 5.32. The second-order valence-corrected chi connectivity index (χ2v) is 5.00. The molecule has 0 aromatic heterocycles. The number of hydrogen-bond acceptors (Lipinski definition) is 2. The van der Waals surface area contributed by atoms with E-state index in [1.165, 1.54) is 18.4 Å². The molecule has 1 atom stereocenters. The van der Waals surface area contributed by atoms with Crippen LogP contribution in [0.15, 0.2) is 29.8 Å². The molecule has 1 aromatic carbocycles. The van der Waals surface area contributed by atoms with Gasteiger partial charge in [-0.3, -0.25) is 5.84 Å². The molecule has 3 N–H and O–H groups in total. The lowest BCUT2D eigenvalue weighted by Gasteiger charge is -2.20. The van der Waals surface area contributed by atoms with E-state index in [0.29, 0.717) is 5.56 Å². The highest BCUT2D eigenvalue weighted by Crippen LogP contribution is 2.30. The van der Waals surface area contributed by atoms with Crippen molar-refractivity contribution in [1.29, 1.82) is 0 Å². The molecule has 0 saturated carbocycles. The van der Waals surface area contributed by atoms with Crippen molar-refractivity contribution < 1.29 is 4.39 Å². The van der Waals surface area contributed by atoms with Crippen LogP contribution in [0, 0.1) is 12.7 Å². The Bertz CT molecular complexity index is 440. The van der Waals surface area contributed by atoms with Gasteiger partial charge in [-0.25, -0.2) is 9.82 Å². The maximum atomic E-state index is 14.0. The van der Waals surface area contributed by atoms with Crippen molar-refractivity contribution in [2.24, 2.45) is 5.84 Å². The summed E-state index contributed by atoms with van der Waals surface area (Å²) in [7, 11) is 0. The van der Waals surface area contributed by atoms with Crippen LogP contribution in [0.5, 0.6) is 0 Å². The molecule has 0 heterocycles. The summed E-state index contributed by atoms with van der Waals surface area (Å²) in [6.45, 7) is 1.89. The summed E-state index contributed by atoms with van der Waals surface area (Å²) < 4.78 is 14.0. The van der Waals surface area contributed by atoms with E-state index in [1.807, 2.05) is 19.1 Å². The van der Waals surface area contributed by atoms with Crippen LogP contribution in [0.3, 0.4) is 0 Å². The van der Waals surface area contributed by atoms with Crippen LogP contribution in [-0.4, -0.2) is 0 Å². The highest BCUT2D eigenvalue weighted by Gasteiger charge is 2.19. The topological polar surface area (TPSA) is 38.0 Å². The summed E-state index contributed by atoms with van der Waals surface area (Å²) >= 11 is 0. The van der Waals surface area contributed by atoms with Crippen LogP contribution in [-0.2, 0) is 0 Å². The van der Waals surface area contributed by atoms with Gasteiger partial charge in [-0.2, -0.15) is 0 Å². The van der Waals surface area contributed by atoms with E-state index in [4.69, 9.17) is 5.84 Å². The predicted octanol–water partition coefficient (Wildman–Crippen LogP) is 3.53. The number of benzene rings is 1. The second-order valence-electron chi connectivity index (χ2n) is 5.00. The average molecular weight is 248 g/mol. The predicted molar refractivity (Wildman–Crippen MR) is 72.4 cm³/mol. The molecule has 1 aliphatic rings. The molecule has 0 fully saturated rings. The summed E-state index contributed by atoms with van der Waals surface area (Å²) in [6, 6.07) is 5.14. The third kappa shape index (κ3) is 2.98. The van der Waals surface area contributed by atoms with Crippen LogP contribution in [0.25, 0.3) is 0 Å². The number of halogens is 1. The number of nitrogens with two attached hydrogens (primary N) is 1. The van der Waals surface area contributed by atoms with Crippen molar-refractivity contribution in [2.75, 3.05) is 0 Å². The molecule has 1 aliphatic carbocycles. The minimum Gasteiger partial charge on any atom is -0.271 e. The Hall–Kier alpha value is -1.19. The highest BCUT2D eigenvalue weighted by atomic mass is 19.1. The van der Waals surface area contributed by atoms with Crippen molar-refractivity contribution in [2.45, 2.75) is 45.1 Å². The van der Waals surface area contributed by atoms with Crippen molar-refractivity contribution in [1.82, 2.24) is 5.43 Å². The van der Waals surface area contributed by atoms with E-state index in [2.05, 4.69) is 11.5 Å². The number of allylic oxidation sites excluding steroid dienone is 1. The molecule has 2 rings (SSSR count). The van der Waals surface area contributed by atoms with Crippen molar-refractivity contribution in [3.8, 4) is 0 Å². The van der Waals surface area contributed by atoms with Gasteiger partial charge in [-0.1, -0.05) is 30.2 Å². The monoisotopic (exact) mass is 248 g/mol. The zero-order valence-corrected chi connectivity index (χ0v) is 10.9. The molecule has 0 radical (unpaired) electrons. The van der Waals surface area contributed by atoms with Crippen molar-refractivity contribution in [3.63, 3.8) is 0 Å². The van der Waals surface area contributed by atoms with Gasteiger partial charge in [0.05, 0.1) is 6.04 Å². The molecule has 18 heavy (non-hydrogen) atoms. The minimum atomic E-state index is -0.191. The Morgan fingerprint density at radius 3 is 2.83 bits per heavy atom. The van der Waals surface area contributed by atoms with Crippen LogP contribution < -0.4 is 11.3 Å². The first kappa shape index (κ1) is 13.2. The van der Waals surface area contributed by atoms with Crippen LogP contribution in [0.2, 0.25) is 0 Å². The molecule has 0 bridgehead atoms. The second kappa shape index (κ2) is 6.12. The molecule has 0 aliphatic heterocycles. The third-order valence-electron chi connectivity index (χ3n) is 3.58. The molecular weight excluding hydrogens is 227 g/mol. The lowest BCUT2D eigenvalue weighted by molar-refractivity contribution is 0.541. The zero-order valence-electron chi connectivity index (χ0n) is 10.9. The molecule has 0 saturated heterocycles. The van der Waals surface area contributed by atoms with Gasteiger partial charge in [0.15, 0.2) is 0 Å². The zero-order chi connectivity index (χ0) is 13.0. The van der Waals surface area contributed by atoms with Gasteiger partial charge in [-0.15, -0.1) is 0 Å². The molecule has 1 unspecified atom stereocenters. The number of aryl methyl sites for hydroxylation is 1. The lowest BCUT2D eigenvalue weighted by atomic mass is 9.94. The number of hydrogen-bond donors (Lipinski definition) is 2. The summed E-state index contributed by atoms with van der Waals surface area (Å²) in [6.07, 6.45) is 7.92. The van der Waals surface area contributed by atoms with Crippen LogP contribution >= 0.6 is 0 Å². The van der Waals surface area contributed by atoms with Crippen LogP contribution in [0.1, 0.15) is 49.3 Å². The first-order chi connectivity index (χ1) is 8.72. The normalized spacial score (nSPS) is 18.1. The first-order valence-electron chi connectivity index (χ1n) is 6.63. The fraction of sp³-hybridized carbons (Fsp3) is 0.467. The first-order valence-corrected chi connectivity index (χ1v) is 6.63. The lowest BCUT2D eigenvalue weighted by Crippen LogP contribution is -2.30. The van der Waals surface area contributed by atoms with Gasteiger partial charge in [-0.05, 0) is 44.2 Å². The standard InChI is InChI=1S/C15H21FN2/c1-11-8-9-13(14(16)10-11)15(18-17)12-6-4-2-3-5-7-12/h6,8-10,15,18H,2-5,7,17H2,1H3. The number of rotatable bonds is 3. The van der Waals surface area contributed by atoms with Crippen molar-refractivity contribution >= 4 is 0 Å². The molecule has 0 amide bonds. The quantitative estimate of drug-likeness (QED) is 0.488. The summed E-state index contributed by atoms with van der Waals surface area (Å²) in [4.78, 5) is 0. The molecule has 3 heteroatoms. The molecule has 98 valence electrons. The SMILES string of the molecule is Cc1ccc(C(NN)C2=CCCCCC2)c(F)c1. The summed E-state index contributed by atoms with van der Waals surface area (Å²) in [5.74, 6) is 5.46. The van der Waals surface area contributed by atoms with E-state index in [1.54, 1.807) is 6.07 Å². The number of hydrazine groups is 1. The van der Waals surface area contributed by atoms with Gasteiger partial charge in [0.1, 0.15) is 5.82 Å². The van der Waals surface area contributed by atoms with E-state index >= 15 is 0 Å². The summed E-state index contributed by atoms with van der Waals surface area (Å²) in [5, 5.41) is 0. The van der Waals surface area contributed by atoms with Gasteiger partial charge in [0, 0.05) is 5.56 Å². The average Bonchev–Trinajstić information content (AvgIpc) is 2.62. The Labute approximate surface area is 108 Å². The Morgan fingerprint density at radius 1 is 1.28 bits per heavy atom. The fourth-order valence-corrected chi connectivity index (χ4v) is 2.56. The maximum Gasteiger partial charge on any atom is 0.128 e. The van der Waals surface area contributed by atoms with E-state index in [9.17, 15) is 4.39 Å². The molecule has 1 aromatic rings. The van der Waals surface area contributed by atoms with Gasteiger partial charge >= 0.3 is 0 Å². The van der Waals surface area contributed by atoms with E-state index in [-0.39, 0.29) is 11.9 Å². The van der Waals surface area contributed by atoms with E-state index in [0.717, 1.165) is 24.8 Å². The molecule has 2 nitrogen and oxygen atoms in total. The molecular formula is C15H21FN2. The minimum absolute atomic E-state index is 0.178.